The van der Waals surface area contributed by atoms with Gasteiger partial charge in [0.25, 0.3) is 0 Å². The van der Waals surface area contributed by atoms with E-state index in [0.29, 0.717) is 17.7 Å². The van der Waals surface area contributed by atoms with Crippen LogP contribution in [0.2, 0.25) is 0 Å². The van der Waals surface area contributed by atoms with Crippen LogP contribution < -0.4 is 4.74 Å². The average Bonchev–Trinajstić information content (AvgIpc) is 3.13. The second-order valence-electron chi connectivity index (χ2n) is 7.72. The Kier molecular flexibility index (Phi) is 4.82. The van der Waals surface area contributed by atoms with Gasteiger partial charge < -0.3 is 9.84 Å². The van der Waals surface area contributed by atoms with E-state index < -0.39 is 0 Å². The third-order valence-corrected chi connectivity index (χ3v) is 6.32. The van der Waals surface area contributed by atoms with E-state index in [4.69, 9.17) is 4.74 Å². The lowest BCUT2D eigenvalue weighted by atomic mass is 9.89. The largest absolute Gasteiger partial charge is 0.497 e. The van der Waals surface area contributed by atoms with Crippen LogP contribution in [0.4, 0.5) is 0 Å². The van der Waals surface area contributed by atoms with Crippen LogP contribution in [0, 0.1) is 18.8 Å². The van der Waals surface area contributed by atoms with Crippen LogP contribution in [-0.4, -0.2) is 44.8 Å². The first-order chi connectivity index (χ1) is 13.0. The molecule has 1 saturated heterocycles. The molecule has 7 heteroatoms. The SMILES string of the molecule is COc1ccc([C@@H](c2sc3nc(C)nn3c2O)N2C[C@@H](C)C[C@H](C)C2)cc1. The fourth-order valence-corrected chi connectivity index (χ4v) is 5.43. The highest BCUT2D eigenvalue weighted by atomic mass is 32.1. The van der Waals surface area contributed by atoms with E-state index in [0.717, 1.165) is 34.2 Å². The fourth-order valence-electron chi connectivity index (χ4n) is 4.26. The van der Waals surface area contributed by atoms with Gasteiger partial charge in [-0.3, -0.25) is 4.90 Å². The molecule has 0 spiro atoms. The molecule has 6 nitrogen and oxygen atoms in total. The molecule has 0 unspecified atom stereocenters. The summed E-state index contributed by atoms with van der Waals surface area (Å²) in [6.07, 6.45) is 1.24. The van der Waals surface area contributed by atoms with Gasteiger partial charge in [-0.1, -0.05) is 37.3 Å². The molecule has 144 valence electrons. The van der Waals surface area contributed by atoms with Crippen molar-refractivity contribution in [2.45, 2.75) is 33.2 Å². The molecular formula is C20H26N4O2S. The number of aromatic nitrogens is 3. The summed E-state index contributed by atoms with van der Waals surface area (Å²) >= 11 is 1.52. The normalized spacial score (nSPS) is 22.2. The van der Waals surface area contributed by atoms with Gasteiger partial charge in [0.1, 0.15) is 11.6 Å². The quantitative estimate of drug-likeness (QED) is 0.737. The molecule has 3 atom stereocenters. The van der Waals surface area contributed by atoms with Gasteiger partial charge in [-0.2, -0.15) is 4.52 Å². The third-order valence-electron chi connectivity index (χ3n) is 5.25. The third kappa shape index (κ3) is 3.41. The predicted octanol–water partition coefficient (Wildman–Crippen LogP) is 3.88. The number of methoxy groups -OCH3 is 1. The Labute approximate surface area is 163 Å². The standard InChI is InChI=1S/C20H26N4O2S/c1-12-9-13(2)11-23(10-12)17(15-5-7-16(26-4)8-6-15)18-19(25)24-20(27-18)21-14(3)22-24/h5-8,12-13,17,25H,9-11H2,1-4H3/t12-,13-,17-/m0/s1. The molecule has 0 amide bonds. The van der Waals surface area contributed by atoms with Crippen molar-refractivity contribution in [3.63, 3.8) is 0 Å². The van der Waals surface area contributed by atoms with Crippen LogP contribution in [0.3, 0.4) is 0 Å². The summed E-state index contributed by atoms with van der Waals surface area (Å²) in [5, 5.41) is 15.3. The molecule has 3 heterocycles. The number of hydrogen-bond donors (Lipinski definition) is 1. The van der Waals surface area contributed by atoms with E-state index in [1.54, 1.807) is 11.6 Å². The van der Waals surface area contributed by atoms with Crippen LogP contribution in [0.25, 0.3) is 4.96 Å². The van der Waals surface area contributed by atoms with Gasteiger partial charge in [0.2, 0.25) is 10.8 Å². The highest BCUT2D eigenvalue weighted by Gasteiger charge is 2.33. The molecule has 1 aliphatic heterocycles. The van der Waals surface area contributed by atoms with Crippen molar-refractivity contribution < 1.29 is 9.84 Å². The van der Waals surface area contributed by atoms with Crippen LogP contribution in [-0.2, 0) is 0 Å². The number of fused-ring (bicyclic) bond motifs is 1. The van der Waals surface area contributed by atoms with Gasteiger partial charge in [-0.15, -0.1) is 5.10 Å². The Morgan fingerprint density at radius 3 is 2.44 bits per heavy atom. The molecule has 4 rings (SSSR count). The second kappa shape index (κ2) is 7.13. The number of hydrogen-bond acceptors (Lipinski definition) is 6. The Morgan fingerprint density at radius 1 is 1.19 bits per heavy atom. The number of likely N-dealkylation sites (tertiary alicyclic amines) is 1. The summed E-state index contributed by atoms with van der Waals surface area (Å²) in [7, 11) is 1.68. The van der Waals surface area contributed by atoms with Crippen LogP contribution >= 0.6 is 11.3 Å². The van der Waals surface area contributed by atoms with Crippen molar-refractivity contribution in [2.75, 3.05) is 20.2 Å². The number of rotatable bonds is 4. The lowest BCUT2D eigenvalue weighted by molar-refractivity contribution is 0.112. The predicted molar refractivity (Wildman–Crippen MR) is 107 cm³/mol. The summed E-state index contributed by atoms with van der Waals surface area (Å²) in [6.45, 7) is 8.47. The van der Waals surface area contributed by atoms with E-state index >= 15 is 0 Å². The zero-order valence-corrected chi connectivity index (χ0v) is 17.0. The van der Waals surface area contributed by atoms with E-state index in [1.807, 2.05) is 19.1 Å². The smallest absolute Gasteiger partial charge is 0.230 e. The van der Waals surface area contributed by atoms with Crippen molar-refractivity contribution in [3.8, 4) is 11.6 Å². The highest BCUT2D eigenvalue weighted by Crippen LogP contribution is 2.42. The number of ether oxygens (including phenoxy) is 1. The summed E-state index contributed by atoms with van der Waals surface area (Å²) < 4.78 is 6.88. The maximum atomic E-state index is 10.9. The molecule has 3 aromatic rings. The molecule has 0 radical (unpaired) electrons. The number of nitrogens with zero attached hydrogens (tertiary/aromatic N) is 4. The van der Waals surface area contributed by atoms with Crippen molar-refractivity contribution in [1.82, 2.24) is 19.5 Å². The van der Waals surface area contributed by atoms with Gasteiger partial charge in [0.05, 0.1) is 18.0 Å². The van der Waals surface area contributed by atoms with Gasteiger partial charge in [-0.25, -0.2) is 4.98 Å². The zero-order chi connectivity index (χ0) is 19.1. The molecule has 1 N–H and O–H groups in total. The molecule has 0 saturated carbocycles. The van der Waals surface area contributed by atoms with Crippen molar-refractivity contribution in [3.05, 3.63) is 40.5 Å². The van der Waals surface area contributed by atoms with Crippen LogP contribution in [0.15, 0.2) is 24.3 Å². The maximum absolute atomic E-state index is 10.9. The minimum absolute atomic E-state index is 0.0186. The molecule has 0 aliphatic carbocycles. The Bertz CT molecular complexity index is 924. The van der Waals surface area contributed by atoms with Crippen LogP contribution in [0.1, 0.15) is 42.6 Å². The minimum Gasteiger partial charge on any atom is -0.497 e. The molecular weight excluding hydrogens is 360 g/mol. The average molecular weight is 387 g/mol. The van der Waals surface area contributed by atoms with Gasteiger partial charge in [-0.05, 0) is 42.9 Å². The highest BCUT2D eigenvalue weighted by molar-refractivity contribution is 7.17. The molecule has 1 aromatic carbocycles. The van der Waals surface area contributed by atoms with Gasteiger partial charge in [0, 0.05) is 13.1 Å². The summed E-state index contributed by atoms with van der Waals surface area (Å²) in [5.41, 5.74) is 1.15. The molecule has 1 fully saturated rings. The zero-order valence-electron chi connectivity index (χ0n) is 16.2. The number of piperidine rings is 1. The van der Waals surface area contributed by atoms with Gasteiger partial charge >= 0.3 is 0 Å². The number of aromatic hydroxyl groups is 1. The molecule has 2 aromatic heterocycles. The Morgan fingerprint density at radius 2 is 1.85 bits per heavy atom. The van der Waals surface area contributed by atoms with E-state index in [2.05, 4.69) is 41.0 Å². The molecule has 27 heavy (non-hydrogen) atoms. The summed E-state index contributed by atoms with van der Waals surface area (Å²) in [6, 6.07) is 8.13. The van der Waals surface area contributed by atoms with E-state index in [1.165, 1.54) is 17.8 Å². The molecule has 1 aliphatic rings. The second-order valence-corrected chi connectivity index (χ2v) is 8.73. The topological polar surface area (TPSA) is 62.9 Å². The first kappa shape index (κ1) is 18.3. The number of benzene rings is 1. The van der Waals surface area contributed by atoms with Crippen molar-refractivity contribution in [1.29, 1.82) is 0 Å². The summed E-state index contributed by atoms with van der Waals surface area (Å²) in [5.74, 6) is 2.95. The van der Waals surface area contributed by atoms with E-state index in [-0.39, 0.29) is 11.9 Å². The minimum atomic E-state index is -0.0186. The fraction of sp³-hybridized carbons (Fsp3) is 0.500. The Balaban J connectivity index is 1.80. The van der Waals surface area contributed by atoms with Gasteiger partial charge in [0.15, 0.2) is 0 Å². The Hall–Kier alpha value is -2.12. The van der Waals surface area contributed by atoms with Crippen LogP contribution in [0.5, 0.6) is 11.6 Å². The van der Waals surface area contributed by atoms with E-state index in [9.17, 15) is 5.11 Å². The first-order valence-electron chi connectivity index (χ1n) is 9.39. The van der Waals surface area contributed by atoms with Crippen molar-refractivity contribution in [2.24, 2.45) is 11.8 Å². The monoisotopic (exact) mass is 386 g/mol. The lowest BCUT2D eigenvalue weighted by Crippen LogP contribution is -2.41. The lowest BCUT2D eigenvalue weighted by Gasteiger charge is -2.40. The van der Waals surface area contributed by atoms with Crippen molar-refractivity contribution >= 4 is 16.3 Å². The molecule has 0 bridgehead atoms. The first-order valence-corrected chi connectivity index (χ1v) is 10.2. The maximum Gasteiger partial charge on any atom is 0.230 e. The number of thiazole rings is 1. The number of aryl methyl sites for hydroxylation is 1. The summed E-state index contributed by atoms with van der Waals surface area (Å²) in [4.78, 5) is 8.56.